The Balaban J connectivity index is 1.37. The second kappa shape index (κ2) is 10.4. The van der Waals surface area contributed by atoms with E-state index in [1.54, 1.807) is 16.8 Å². The average molecular weight is 506 g/mol. The number of hydrogen-bond acceptors (Lipinski definition) is 3. The molecule has 1 saturated heterocycles. The molecule has 174 valence electrons. The van der Waals surface area contributed by atoms with Crippen molar-refractivity contribution in [3.05, 3.63) is 80.8 Å². The largest absolute Gasteiger partial charge is 0.346 e. The summed E-state index contributed by atoms with van der Waals surface area (Å²) >= 11 is 18.0. The first-order valence-corrected chi connectivity index (χ1v) is 12.0. The summed E-state index contributed by atoms with van der Waals surface area (Å²) in [5, 5.41) is 9.78. The van der Waals surface area contributed by atoms with E-state index in [2.05, 4.69) is 26.3 Å². The van der Waals surface area contributed by atoms with Crippen molar-refractivity contribution < 1.29 is 4.39 Å². The Labute approximate surface area is 209 Å². The monoisotopic (exact) mass is 505 g/mol. The third-order valence-electron chi connectivity index (χ3n) is 5.94. The van der Waals surface area contributed by atoms with Gasteiger partial charge in [0.15, 0.2) is 5.11 Å². The summed E-state index contributed by atoms with van der Waals surface area (Å²) in [7, 11) is 0. The molecule has 0 spiro atoms. The predicted octanol–water partition coefficient (Wildman–Crippen LogP) is 5.51. The van der Waals surface area contributed by atoms with Gasteiger partial charge in [-0.2, -0.15) is 5.10 Å². The number of aryl methyl sites for hydroxylation is 1. The third-order valence-corrected chi connectivity index (χ3v) is 6.89. The SMILES string of the molecule is Cc1nn(Cc2c(F)cccc2Cl)c(C)c1NC(=S)N1CCN(Cc2cccc(Cl)c2)CC1. The van der Waals surface area contributed by atoms with Gasteiger partial charge in [-0.3, -0.25) is 9.58 Å². The van der Waals surface area contributed by atoms with Crippen molar-refractivity contribution in [2.45, 2.75) is 26.9 Å². The van der Waals surface area contributed by atoms with Crippen LogP contribution >= 0.6 is 35.4 Å². The van der Waals surface area contributed by atoms with Crippen LogP contribution < -0.4 is 5.32 Å². The van der Waals surface area contributed by atoms with Crippen molar-refractivity contribution >= 4 is 46.2 Å². The molecule has 0 atom stereocenters. The second-order valence-corrected chi connectivity index (χ2v) is 9.46. The Kier molecular flexibility index (Phi) is 7.54. The lowest BCUT2D eigenvalue weighted by Crippen LogP contribution is -2.49. The average Bonchev–Trinajstić information content (AvgIpc) is 3.04. The molecule has 1 N–H and O–H groups in total. The first-order valence-electron chi connectivity index (χ1n) is 10.8. The summed E-state index contributed by atoms with van der Waals surface area (Å²) in [6, 6.07) is 12.7. The topological polar surface area (TPSA) is 36.3 Å². The lowest BCUT2D eigenvalue weighted by Gasteiger charge is -2.36. The summed E-state index contributed by atoms with van der Waals surface area (Å²) in [5.74, 6) is -0.337. The molecular weight excluding hydrogens is 480 g/mol. The normalized spacial score (nSPS) is 14.5. The van der Waals surface area contributed by atoms with Gasteiger partial charge in [0.05, 0.1) is 23.6 Å². The van der Waals surface area contributed by atoms with Crippen LogP contribution in [0, 0.1) is 19.7 Å². The van der Waals surface area contributed by atoms with E-state index in [9.17, 15) is 4.39 Å². The first-order chi connectivity index (χ1) is 15.8. The highest BCUT2D eigenvalue weighted by molar-refractivity contribution is 7.80. The third kappa shape index (κ3) is 5.66. The molecule has 2 heterocycles. The number of benzene rings is 2. The molecule has 33 heavy (non-hydrogen) atoms. The van der Waals surface area contributed by atoms with Gasteiger partial charge in [-0.15, -0.1) is 0 Å². The lowest BCUT2D eigenvalue weighted by molar-refractivity contribution is 0.177. The molecule has 0 amide bonds. The number of rotatable bonds is 5. The van der Waals surface area contributed by atoms with Crippen molar-refractivity contribution in [2.75, 3.05) is 31.5 Å². The molecule has 9 heteroatoms. The van der Waals surface area contributed by atoms with E-state index in [0.717, 1.165) is 54.8 Å². The Morgan fingerprint density at radius 1 is 1.06 bits per heavy atom. The highest BCUT2D eigenvalue weighted by Gasteiger charge is 2.21. The summed E-state index contributed by atoms with van der Waals surface area (Å²) in [4.78, 5) is 4.57. The van der Waals surface area contributed by atoms with Gasteiger partial charge in [0.2, 0.25) is 0 Å². The predicted molar refractivity (Wildman–Crippen MR) is 137 cm³/mol. The smallest absolute Gasteiger partial charge is 0.173 e. The van der Waals surface area contributed by atoms with E-state index >= 15 is 0 Å². The highest BCUT2D eigenvalue weighted by atomic mass is 35.5. The number of hydrogen-bond donors (Lipinski definition) is 1. The fourth-order valence-corrected chi connectivity index (χ4v) is 4.77. The molecule has 1 aromatic heterocycles. The molecule has 0 bridgehead atoms. The maximum Gasteiger partial charge on any atom is 0.173 e. The van der Waals surface area contributed by atoms with Crippen molar-refractivity contribution in [2.24, 2.45) is 0 Å². The Hall–Kier alpha value is -2.19. The standard InChI is InChI=1S/C24H26Cl2FN5S/c1-16-23(17(2)32(29-16)15-20-21(26)7-4-8-22(20)27)28-24(33)31-11-9-30(10-12-31)14-18-5-3-6-19(25)13-18/h3-8,13H,9-12,14-15H2,1-2H3,(H,28,33). The van der Waals surface area contributed by atoms with Crippen LogP contribution in [-0.2, 0) is 13.1 Å². The molecule has 0 radical (unpaired) electrons. The van der Waals surface area contributed by atoms with Crippen LogP contribution in [0.2, 0.25) is 10.0 Å². The van der Waals surface area contributed by atoms with Crippen LogP contribution in [0.15, 0.2) is 42.5 Å². The van der Waals surface area contributed by atoms with Gasteiger partial charge in [0.1, 0.15) is 5.82 Å². The maximum atomic E-state index is 14.2. The summed E-state index contributed by atoms with van der Waals surface area (Å²) < 4.78 is 16.0. The number of anilines is 1. The lowest BCUT2D eigenvalue weighted by atomic mass is 10.2. The number of nitrogens with one attached hydrogen (secondary N) is 1. The molecule has 1 fully saturated rings. The van der Waals surface area contributed by atoms with Gasteiger partial charge in [-0.05, 0) is 55.9 Å². The minimum Gasteiger partial charge on any atom is -0.346 e. The van der Waals surface area contributed by atoms with E-state index in [4.69, 9.17) is 35.4 Å². The van der Waals surface area contributed by atoms with E-state index < -0.39 is 0 Å². The molecule has 0 unspecified atom stereocenters. The van der Waals surface area contributed by atoms with Crippen molar-refractivity contribution in [1.29, 1.82) is 0 Å². The second-order valence-electron chi connectivity index (χ2n) is 8.23. The van der Waals surface area contributed by atoms with Gasteiger partial charge >= 0.3 is 0 Å². The zero-order valence-electron chi connectivity index (χ0n) is 18.6. The number of thiocarbonyl (C=S) groups is 1. The van der Waals surface area contributed by atoms with Crippen LogP contribution in [0.1, 0.15) is 22.5 Å². The molecule has 3 aromatic rings. The molecular formula is C24H26Cl2FN5S. The van der Waals surface area contributed by atoms with E-state index in [1.165, 1.54) is 11.6 Å². The van der Waals surface area contributed by atoms with Crippen LogP contribution in [0.5, 0.6) is 0 Å². The zero-order chi connectivity index (χ0) is 23.5. The minimum absolute atomic E-state index is 0.259. The van der Waals surface area contributed by atoms with Crippen LogP contribution in [0.4, 0.5) is 10.1 Å². The van der Waals surface area contributed by atoms with Gasteiger partial charge in [0, 0.05) is 48.3 Å². The van der Waals surface area contributed by atoms with Gasteiger partial charge in [-0.1, -0.05) is 41.4 Å². The zero-order valence-corrected chi connectivity index (χ0v) is 20.9. The first kappa shape index (κ1) is 24.0. The Morgan fingerprint density at radius 2 is 1.79 bits per heavy atom. The summed E-state index contributed by atoms with van der Waals surface area (Å²) in [5.41, 5.74) is 4.18. The molecule has 1 aliphatic heterocycles. The van der Waals surface area contributed by atoms with Crippen LogP contribution in [0.25, 0.3) is 0 Å². The molecule has 4 rings (SSSR count). The van der Waals surface area contributed by atoms with Crippen LogP contribution in [0.3, 0.4) is 0 Å². The highest BCUT2D eigenvalue weighted by Crippen LogP contribution is 2.25. The molecule has 0 aliphatic carbocycles. The quantitative estimate of drug-likeness (QED) is 0.462. The molecule has 2 aromatic carbocycles. The number of nitrogens with zero attached hydrogens (tertiary/aromatic N) is 4. The van der Waals surface area contributed by atoms with Crippen molar-refractivity contribution in [1.82, 2.24) is 19.6 Å². The van der Waals surface area contributed by atoms with Gasteiger partial charge in [-0.25, -0.2) is 4.39 Å². The fourth-order valence-electron chi connectivity index (χ4n) is 4.05. The van der Waals surface area contributed by atoms with E-state index in [0.29, 0.717) is 15.7 Å². The van der Waals surface area contributed by atoms with E-state index in [1.807, 2.05) is 32.0 Å². The van der Waals surface area contributed by atoms with Crippen molar-refractivity contribution in [3.8, 4) is 0 Å². The molecule has 1 aliphatic rings. The number of piperazine rings is 1. The Morgan fingerprint density at radius 3 is 2.48 bits per heavy atom. The van der Waals surface area contributed by atoms with Crippen LogP contribution in [-0.4, -0.2) is 50.9 Å². The maximum absolute atomic E-state index is 14.2. The summed E-state index contributed by atoms with van der Waals surface area (Å²) in [6.45, 7) is 8.50. The molecule has 0 saturated carbocycles. The van der Waals surface area contributed by atoms with Gasteiger partial charge < -0.3 is 10.2 Å². The Bertz CT molecular complexity index is 1140. The number of halogens is 3. The molecule has 5 nitrogen and oxygen atoms in total. The fraction of sp³-hybridized carbons (Fsp3) is 0.333. The van der Waals surface area contributed by atoms with E-state index in [-0.39, 0.29) is 12.4 Å². The summed E-state index contributed by atoms with van der Waals surface area (Å²) in [6.07, 6.45) is 0. The number of aromatic nitrogens is 2. The van der Waals surface area contributed by atoms with Crippen molar-refractivity contribution in [3.63, 3.8) is 0 Å². The minimum atomic E-state index is -0.337. The van der Waals surface area contributed by atoms with Gasteiger partial charge in [0.25, 0.3) is 0 Å².